The van der Waals surface area contributed by atoms with E-state index < -0.39 is 16.5 Å². The third-order valence-electron chi connectivity index (χ3n) is 8.03. The van der Waals surface area contributed by atoms with Crippen LogP contribution >= 0.6 is 0 Å². The lowest BCUT2D eigenvalue weighted by Gasteiger charge is -2.56. The standard InChI is InChI=1S/C19H28O5S.H3N/c1-18-9-7-13(24-25(21,22)23)11-12(18)3-4-14-15-5-6-17(20)19(15,2)10-8-16(14)18;/h3,13-16H,4-11H2,1-2H3,(H,21,22,23);1H3/t13-,14-,15-,16-,18-,19-;/m0./s1. The van der Waals surface area contributed by atoms with E-state index in [-0.39, 0.29) is 17.0 Å². The molecule has 4 N–H and O–H groups in total. The van der Waals surface area contributed by atoms with Gasteiger partial charge in [-0.3, -0.25) is 9.35 Å². The molecule has 0 saturated heterocycles. The molecule has 26 heavy (non-hydrogen) atoms. The summed E-state index contributed by atoms with van der Waals surface area (Å²) in [6, 6.07) is 0. The maximum atomic E-state index is 12.4. The van der Waals surface area contributed by atoms with Gasteiger partial charge in [-0.05, 0) is 68.1 Å². The van der Waals surface area contributed by atoms with Gasteiger partial charge in [0.05, 0.1) is 6.10 Å². The number of ketones is 1. The first-order valence-electron chi connectivity index (χ1n) is 9.52. The van der Waals surface area contributed by atoms with E-state index in [1.165, 1.54) is 5.57 Å². The summed E-state index contributed by atoms with van der Waals surface area (Å²) in [5, 5.41) is 0. The fraction of sp³-hybridized carbons (Fsp3) is 0.842. The highest BCUT2D eigenvalue weighted by Crippen LogP contribution is 2.64. The van der Waals surface area contributed by atoms with Gasteiger partial charge in [-0.15, -0.1) is 0 Å². The van der Waals surface area contributed by atoms with Crippen LogP contribution in [0.3, 0.4) is 0 Å². The zero-order chi connectivity index (χ0) is 18.0. The van der Waals surface area contributed by atoms with Gasteiger partial charge < -0.3 is 6.15 Å². The van der Waals surface area contributed by atoms with E-state index in [0.717, 1.165) is 38.5 Å². The molecule has 0 spiro atoms. The van der Waals surface area contributed by atoms with Gasteiger partial charge >= 0.3 is 10.4 Å². The van der Waals surface area contributed by atoms with Crippen molar-refractivity contribution in [2.45, 2.75) is 71.3 Å². The Morgan fingerprint density at radius 1 is 1.12 bits per heavy atom. The van der Waals surface area contributed by atoms with E-state index in [1.807, 2.05) is 0 Å². The summed E-state index contributed by atoms with van der Waals surface area (Å²) in [5.74, 6) is 2.10. The molecular weight excluding hydrogens is 354 g/mol. The normalized spacial score (nSPS) is 45.0. The third kappa shape index (κ3) is 2.97. The molecule has 6 atom stereocenters. The van der Waals surface area contributed by atoms with Crippen LogP contribution in [0.15, 0.2) is 11.6 Å². The van der Waals surface area contributed by atoms with Crippen molar-refractivity contribution in [3.63, 3.8) is 0 Å². The highest BCUT2D eigenvalue weighted by atomic mass is 32.3. The summed E-state index contributed by atoms with van der Waals surface area (Å²) in [4.78, 5) is 12.4. The molecule has 0 heterocycles. The van der Waals surface area contributed by atoms with Crippen LogP contribution in [0.1, 0.15) is 65.2 Å². The van der Waals surface area contributed by atoms with Crippen molar-refractivity contribution in [1.29, 1.82) is 0 Å². The predicted molar refractivity (Wildman–Crippen MR) is 98.2 cm³/mol. The number of carbonyl (C=O) groups is 1. The minimum atomic E-state index is -4.40. The quantitative estimate of drug-likeness (QED) is 0.550. The summed E-state index contributed by atoms with van der Waals surface area (Å²) in [6.45, 7) is 4.50. The van der Waals surface area contributed by atoms with E-state index in [2.05, 4.69) is 19.9 Å². The lowest BCUT2D eigenvalue weighted by atomic mass is 9.48. The average molecular weight is 386 g/mol. The van der Waals surface area contributed by atoms with Crippen molar-refractivity contribution in [1.82, 2.24) is 6.15 Å². The second-order valence-electron chi connectivity index (χ2n) is 9.07. The van der Waals surface area contributed by atoms with Gasteiger partial charge in [-0.2, -0.15) is 8.42 Å². The van der Waals surface area contributed by atoms with E-state index in [9.17, 15) is 13.2 Å². The molecule has 0 aromatic rings. The Kier molecular flexibility index (Phi) is 4.92. The van der Waals surface area contributed by atoms with Crippen LogP contribution in [0.5, 0.6) is 0 Å². The van der Waals surface area contributed by atoms with Crippen molar-refractivity contribution in [3.05, 3.63) is 11.6 Å². The maximum Gasteiger partial charge on any atom is 0.397 e. The molecule has 4 aliphatic rings. The number of rotatable bonds is 2. The SMILES string of the molecule is C[C@]12CC[C@H](OS(=O)(=O)O)CC1=CC[C@@H]1[C@@H]2CC[C@]2(C)C(=O)CC[C@@H]12.N. The van der Waals surface area contributed by atoms with Crippen LogP contribution in [0.2, 0.25) is 0 Å². The van der Waals surface area contributed by atoms with Crippen molar-refractivity contribution >= 4 is 16.2 Å². The van der Waals surface area contributed by atoms with Gasteiger partial charge in [0, 0.05) is 11.8 Å². The Labute approximate surface area is 156 Å². The van der Waals surface area contributed by atoms with Crippen molar-refractivity contribution < 1.29 is 21.9 Å². The first-order valence-corrected chi connectivity index (χ1v) is 10.9. The highest BCUT2D eigenvalue weighted by Gasteiger charge is 2.58. The van der Waals surface area contributed by atoms with Gasteiger partial charge in [0.2, 0.25) is 0 Å². The topological polar surface area (TPSA) is 116 Å². The first kappa shape index (κ1) is 20.0. The fourth-order valence-electron chi connectivity index (χ4n) is 6.65. The molecule has 0 aromatic heterocycles. The number of hydrogen-bond acceptors (Lipinski definition) is 5. The molecular formula is C19H31NO5S. The first-order chi connectivity index (χ1) is 11.6. The van der Waals surface area contributed by atoms with Crippen LogP contribution in [-0.4, -0.2) is 24.9 Å². The lowest BCUT2D eigenvalue weighted by molar-refractivity contribution is -0.131. The van der Waals surface area contributed by atoms with Crippen LogP contribution in [0, 0.1) is 28.6 Å². The van der Waals surface area contributed by atoms with Gasteiger partial charge in [0.1, 0.15) is 5.78 Å². The molecule has 0 unspecified atom stereocenters. The molecule has 0 amide bonds. The number of allylic oxidation sites excluding steroid dienone is 1. The van der Waals surface area contributed by atoms with Gasteiger partial charge in [-0.25, -0.2) is 4.18 Å². The molecule has 148 valence electrons. The maximum absolute atomic E-state index is 12.4. The number of Topliss-reactive ketones (excluding diaryl/α,β-unsaturated/α-hetero) is 1. The van der Waals surface area contributed by atoms with Crippen molar-refractivity contribution in [2.24, 2.45) is 28.6 Å². The summed E-state index contributed by atoms with van der Waals surface area (Å²) < 4.78 is 35.9. The van der Waals surface area contributed by atoms with E-state index in [1.54, 1.807) is 0 Å². The molecule has 0 bridgehead atoms. The van der Waals surface area contributed by atoms with Crippen molar-refractivity contribution in [3.8, 4) is 0 Å². The molecule has 0 aliphatic heterocycles. The molecule has 3 saturated carbocycles. The van der Waals surface area contributed by atoms with Gasteiger partial charge in [-0.1, -0.05) is 25.5 Å². The fourth-order valence-corrected chi connectivity index (χ4v) is 7.16. The predicted octanol–water partition coefficient (Wildman–Crippen LogP) is 3.87. The molecule has 0 radical (unpaired) electrons. The Balaban J connectivity index is 0.00000196. The molecule has 3 fully saturated rings. The van der Waals surface area contributed by atoms with Crippen LogP contribution < -0.4 is 6.15 Å². The van der Waals surface area contributed by atoms with Gasteiger partial charge in [0.15, 0.2) is 0 Å². The Morgan fingerprint density at radius 2 is 1.77 bits per heavy atom. The summed E-state index contributed by atoms with van der Waals surface area (Å²) in [7, 11) is -4.40. The highest BCUT2D eigenvalue weighted by molar-refractivity contribution is 7.80. The Hall–Kier alpha value is -0.760. The number of fused-ring (bicyclic) bond motifs is 5. The Morgan fingerprint density at radius 3 is 2.46 bits per heavy atom. The van der Waals surface area contributed by atoms with Gasteiger partial charge in [0.25, 0.3) is 0 Å². The second-order valence-corrected chi connectivity index (χ2v) is 10.1. The molecule has 6 nitrogen and oxygen atoms in total. The molecule has 0 aromatic carbocycles. The monoisotopic (exact) mass is 385 g/mol. The zero-order valence-electron chi connectivity index (χ0n) is 15.7. The molecule has 7 heteroatoms. The van der Waals surface area contributed by atoms with E-state index >= 15 is 0 Å². The van der Waals surface area contributed by atoms with Crippen LogP contribution in [-0.2, 0) is 19.4 Å². The largest absolute Gasteiger partial charge is 0.397 e. The minimum absolute atomic E-state index is 0. The number of carbonyl (C=O) groups excluding carboxylic acids is 1. The lowest BCUT2D eigenvalue weighted by Crippen LogP contribution is -2.50. The summed E-state index contributed by atoms with van der Waals surface area (Å²) >= 11 is 0. The third-order valence-corrected chi connectivity index (χ3v) is 8.54. The Bertz CT molecular complexity index is 732. The zero-order valence-corrected chi connectivity index (χ0v) is 16.6. The second kappa shape index (κ2) is 6.40. The van der Waals surface area contributed by atoms with Crippen LogP contribution in [0.25, 0.3) is 0 Å². The van der Waals surface area contributed by atoms with Crippen molar-refractivity contribution in [2.75, 3.05) is 0 Å². The minimum Gasteiger partial charge on any atom is -0.344 e. The molecule has 4 aliphatic carbocycles. The summed E-state index contributed by atoms with van der Waals surface area (Å²) in [6.07, 6.45) is 8.79. The number of hydrogen-bond donors (Lipinski definition) is 2. The average Bonchev–Trinajstić information content (AvgIpc) is 2.82. The summed E-state index contributed by atoms with van der Waals surface area (Å²) in [5.41, 5.74) is 1.25. The van der Waals surface area contributed by atoms with E-state index in [0.29, 0.717) is 36.4 Å². The van der Waals surface area contributed by atoms with E-state index in [4.69, 9.17) is 8.74 Å². The molecule has 4 rings (SSSR count). The smallest absolute Gasteiger partial charge is 0.344 e. The van der Waals surface area contributed by atoms with Crippen LogP contribution in [0.4, 0.5) is 0 Å².